The fourth-order valence-electron chi connectivity index (χ4n) is 1.84. The van der Waals surface area contributed by atoms with Crippen molar-refractivity contribution in [2.45, 2.75) is 12.6 Å². The second kappa shape index (κ2) is 7.06. The van der Waals surface area contributed by atoms with Gasteiger partial charge in [0.05, 0.1) is 24.5 Å². The van der Waals surface area contributed by atoms with E-state index in [1.54, 1.807) is 6.08 Å². The van der Waals surface area contributed by atoms with Gasteiger partial charge in [0.1, 0.15) is 5.02 Å². The third-order valence-corrected chi connectivity index (χ3v) is 3.32. The molecule has 2 rings (SSSR count). The number of hydrogen-bond donors (Lipinski definition) is 2. The Balaban J connectivity index is 2.09. The first kappa shape index (κ1) is 15.3. The van der Waals surface area contributed by atoms with Crippen molar-refractivity contribution in [2.24, 2.45) is 0 Å². The minimum Gasteiger partial charge on any atom is -0.387 e. The summed E-state index contributed by atoms with van der Waals surface area (Å²) in [5, 5.41) is 17.0. The summed E-state index contributed by atoms with van der Waals surface area (Å²) in [7, 11) is 0. The molecule has 6 heteroatoms. The zero-order chi connectivity index (χ0) is 15.2. The van der Waals surface area contributed by atoms with Crippen molar-refractivity contribution in [3.8, 4) is 0 Å². The summed E-state index contributed by atoms with van der Waals surface area (Å²) in [4.78, 5) is 11.9. The fourth-order valence-corrected chi connectivity index (χ4v) is 2.05. The molecule has 1 aromatic heterocycles. The maximum Gasteiger partial charge on any atom is 0.287 e. The fraction of sp³-hybridized carbons (Fsp3) is 0.200. The molecule has 0 saturated carbocycles. The molecule has 5 nitrogen and oxygen atoms in total. The molecule has 0 bridgehead atoms. The van der Waals surface area contributed by atoms with Gasteiger partial charge in [-0.2, -0.15) is 5.10 Å². The van der Waals surface area contributed by atoms with Gasteiger partial charge in [0, 0.05) is 6.54 Å². The summed E-state index contributed by atoms with van der Waals surface area (Å²) >= 11 is 6.01. The van der Waals surface area contributed by atoms with E-state index in [1.165, 1.54) is 10.9 Å². The second-order valence-corrected chi connectivity index (χ2v) is 4.83. The summed E-state index contributed by atoms with van der Waals surface area (Å²) in [6, 6.07) is 9.24. The second-order valence-electron chi connectivity index (χ2n) is 4.46. The summed E-state index contributed by atoms with van der Waals surface area (Å²) in [5.41, 5.74) is 0.793. The molecular formula is C15H16ClN3O2. The van der Waals surface area contributed by atoms with Gasteiger partial charge >= 0.3 is 0 Å². The predicted octanol–water partition coefficient (Wildman–Crippen LogP) is 2.23. The Morgan fingerprint density at radius 1 is 1.43 bits per heavy atom. The maximum atomic E-state index is 11.9. The third kappa shape index (κ3) is 3.71. The van der Waals surface area contributed by atoms with Crippen LogP contribution in [0.2, 0.25) is 5.02 Å². The topological polar surface area (TPSA) is 67.2 Å². The van der Waals surface area contributed by atoms with E-state index in [1.807, 2.05) is 30.3 Å². The van der Waals surface area contributed by atoms with Gasteiger partial charge < -0.3 is 10.4 Å². The number of nitrogens with one attached hydrogen (secondary N) is 1. The Hall–Kier alpha value is -2.11. The van der Waals surface area contributed by atoms with Crippen LogP contribution in [0.1, 0.15) is 11.7 Å². The highest BCUT2D eigenvalue weighted by atomic mass is 35.5. The van der Waals surface area contributed by atoms with Crippen molar-refractivity contribution in [1.82, 2.24) is 9.78 Å². The highest BCUT2D eigenvalue weighted by Gasteiger charge is 2.11. The summed E-state index contributed by atoms with van der Waals surface area (Å²) in [5.74, 6) is 0. The van der Waals surface area contributed by atoms with Crippen molar-refractivity contribution in [3.63, 3.8) is 0 Å². The van der Waals surface area contributed by atoms with Crippen molar-refractivity contribution in [2.75, 3.05) is 11.9 Å². The lowest BCUT2D eigenvalue weighted by Crippen LogP contribution is -2.24. The minimum atomic E-state index is -0.696. The van der Waals surface area contributed by atoms with Crippen molar-refractivity contribution in [1.29, 1.82) is 0 Å². The van der Waals surface area contributed by atoms with Gasteiger partial charge in [-0.1, -0.05) is 48.0 Å². The van der Waals surface area contributed by atoms with Gasteiger partial charge in [-0.05, 0) is 5.56 Å². The lowest BCUT2D eigenvalue weighted by atomic mass is 10.1. The van der Waals surface area contributed by atoms with Crippen molar-refractivity contribution >= 4 is 17.3 Å². The smallest absolute Gasteiger partial charge is 0.287 e. The molecule has 0 saturated heterocycles. The molecule has 110 valence electrons. The van der Waals surface area contributed by atoms with Crippen LogP contribution >= 0.6 is 11.6 Å². The summed E-state index contributed by atoms with van der Waals surface area (Å²) < 4.78 is 1.22. The van der Waals surface area contributed by atoms with Crippen LogP contribution in [0.4, 0.5) is 5.69 Å². The lowest BCUT2D eigenvalue weighted by Gasteiger charge is -2.14. The standard InChI is InChI=1S/C15H16ClN3O2/c1-2-8-19-15(21)14(16)12(9-18-19)17-10-13(20)11-6-4-3-5-7-11/h2-7,9,13,17,20H,1,8,10H2. The minimum absolute atomic E-state index is 0.0483. The zero-order valence-corrected chi connectivity index (χ0v) is 12.1. The SMILES string of the molecule is C=CCn1ncc(NCC(O)c2ccccc2)c(Cl)c1=O. The molecule has 2 N–H and O–H groups in total. The number of benzene rings is 1. The van der Waals surface area contributed by atoms with E-state index in [9.17, 15) is 9.90 Å². The van der Waals surface area contributed by atoms with Crippen LogP contribution in [0, 0.1) is 0 Å². The van der Waals surface area contributed by atoms with Crippen LogP contribution < -0.4 is 10.9 Å². The first-order valence-corrected chi connectivity index (χ1v) is 6.84. The molecular weight excluding hydrogens is 290 g/mol. The molecule has 0 aliphatic carbocycles. The molecule has 1 aromatic carbocycles. The normalized spacial score (nSPS) is 11.9. The number of halogens is 1. The monoisotopic (exact) mass is 305 g/mol. The molecule has 2 aromatic rings. The van der Waals surface area contributed by atoms with E-state index in [-0.39, 0.29) is 11.6 Å². The van der Waals surface area contributed by atoms with Gasteiger partial charge in [-0.15, -0.1) is 6.58 Å². The molecule has 0 radical (unpaired) electrons. The van der Waals surface area contributed by atoms with Crippen molar-refractivity contribution in [3.05, 3.63) is 70.1 Å². The van der Waals surface area contributed by atoms with Crippen LogP contribution in [0.3, 0.4) is 0 Å². The van der Waals surface area contributed by atoms with Crippen LogP contribution in [-0.4, -0.2) is 21.4 Å². The van der Waals surface area contributed by atoms with Crippen LogP contribution in [0.15, 0.2) is 54.0 Å². The molecule has 1 atom stereocenters. The predicted molar refractivity (Wildman–Crippen MR) is 83.6 cm³/mol. The van der Waals surface area contributed by atoms with Gasteiger partial charge in [-0.25, -0.2) is 4.68 Å². The number of hydrogen-bond acceptors (Lipinski definition) is 4. The first-order chi connectivity index (χ1) is 10.1. The van der Waals surface area contributed by atoms with Gasteiger partial charge in [-0.3, -0.25) is 4.79 Å². The number of rotatable bonds is 6. The molecule has 1 heterocycles. The molecule has 1 unspecified atom stereocenters. The van der Waals surface area contributed by atoms with Gasteiger partial charge in [0.25, 0.3) is 5.56 Å². The molecule has 0 amide bonds. The van der Waals surface area contributed by atoms with Gasteiger partial charge in [0.15, 0.2) is 0 Å². The van der Waals surface area contributed by atoms with Gasteiger partial charge in [0.2, 0.25) is 0 Å². The number of allylic oxidation sites excluding steroid dienone is 1. The highest BCUT2D eigenvalue weighted by molar-refractivity contribution is 6.32. The van der Waals surface area contributed by atoms with E-state index in [4.69, 9.17) is 11.6 Å². The molecule has 21 heavy (non-hydrogen) atoms. The summed E-state index contributed by atoms with van der Waals surface area (Å²) in [6.07, 6.45) is 2.33. The Bertz CT molecular complexity index is 670. The Morgan fingerprint density at radius 3 is 2.81 bits per heavy atom. The largest absolute Gasteiger partial charge is 0.387 e. The maximum absolute atomic E-state index is 11.9. The van der Waals surface area contributed by atoms with Crippen LogP contribution in [-0.2, 0) is 6.54 Å². The average Bonchev–Trinajstić information content (AvgIpc) is 2.52. The number of aromatic nitrogens is 2. The van der Waals surface area contributed by atoms with Crippen LogP contribution in [0.5, 0.6) is 0 Å². The highest BCUT2D eigenvalue weighted by Crippen LogP contribution is 2.18. The first-order valence-electron chi connectivity index (χ1n) is 6.47. The lowest BCUT2D eigenvalue weighted by molar-refractivity contribution is 0.191. The van der Waals surface area contributed by atoms with E-state index in [0.717, 1.165) is 5.56 Å². The molecule has 0 spiro atoms. The number of anilines is 1. The van der Waals surface area contributed by atoms with E-state index >= 15 is 0 Å². The molecule has 0 aliphatic heterocycles. The average molecular weight is 306 g/mol. The third-order valence-electron chi connectivity index (χ3n) is 2.96. The molecule has 0 aliphatic rings. The number of aliphatic hydroxyl groups is 1. The Kier molecular flexibility index (Phi) is 5.14. The Labute approximate surface area is 127 Å². The number of nitrogens with zero attached hydrogens (tertiary/aromatic N) is 2. The Morgan fingerprint density at radius 2 is 2.14 bits per heavy atom. The van der Waals surface area contributed by atoms with Crippen LogP contribution in [0.25, 0.3) is 0 Å². The quantitative estimate of drug-likeness (QED) is 0.803. The zero-order valence-electron chi connectivity index (χ0n) is 11.4. The molecule has 0 fully saturated rings. The van der Waals surface area contributed by atoms with E-state index < -0.39 is 11.7 Å². The van der Waals surface area contributed by atoms with Crippen molar-refractivity contribution < 1.29 is 5.11 Å². The van der Waals surface area contributed by atoms with E-state index in [0.29, 0.717) is 12.2 Å². The summed E-state index contributed by atoms with van der Waals surface area (Å²) in [6.45, 7) is 4.08. The van der Waals surface area contributed by atoms with E-state index in [2.05, 4.69) is 17.0 Å². The number of aliphatic hydroxyl groups excluding tert-OH is 1.